The van der Waals surface area contributed by atoms with Crippen LogP contribution in [0.5, 0.6) is 0 Å². The van der Waals surface area contributed by atoms with Crippen LogP contribution in [0.2, 0.25) is 0 Å². The van der Waals surface area contributed by atoms with E-state index in [1.54, 1.807) is 0 Å². The number of hydrogen-bond donors (Lipinski definition) is 0. The molecule has 0 aromatic carbocycles. The van der Waals surface area contributed by atoms with E-state index in [1.807, 2.05) is 0 Å². The van der Waals surface area contributed by atoms with Gasteiger partial charge in [0, 0.05) is 10.4 Å². The van der Waals surface area contributed by atoms with Gasteiger partial charge in [-0.05, 0) is 0 Å². The molecule has 0 fully saturated rings. The Morgan fingerprint density at radius 3 is 1.29 bits per heavy atom. The summed E-state index contributed by atoms with van der Waals surface area (Å²) in [7, 11) is -5.17. The van der Waals surface area contributed by atoms with E-state index in [9.17, 15) is 3.52 Å². The van der Waals surface area contributed by atoms with Gasteiger partial charge in [-0.15, -0.1) is 0 Å². The maximum atomic E-state index is 9.42. The molecule has 0 spiro atoms. The predicted octanol–water partition coefficient (Wildman–Crippen LogP) is -1.30. The van der Waals surface area contributed by atoms with Crippen LogP contribution >= 0.6 is 0 Å². The predicted molar refractivity (Wildman–Crippen MR) is 17.3 cm³/mol. The Kier molecular flexibility index (Phi) is 6.63. The molecule has 0 saturated carbocycles. The van der Waals surface area contributed by atoms with E-state index in [-0.39, 0.29) is 0 Å². The zero-order valence-electron chi connectivity index (χ0n) is 3.00. The van der Waals surface area contributed by atoms with Crippen molar-refractivity contribution in [2.24, 2.45) is 0 Å². The number of rotatable bonds is 0. The third-order valence-corrected chi connectivity index (χ3v) is 0. The molecule has 0 heterocycles. The van der Waals surface area contributed by atoms with E-state index in [1.165, 1.54) is 0 Å². The normalized spacial score (nSPS) is 9.29. The fourth-order valence-corrected chi connectivity index (χ4v) is 0. The minimum absolute atomic E-state index is 0.917. The zero-order valence-corrected chi connectivity index (χ0v) is 4.97. The standard InChI is InChI=1S/Al.FH.H2O4S/c;;1-5(2,3)4/h;1H;(H2,1,2,3,4)/q+3;;/p-3. The van der Waals surface area contributed by atoms with Crippen LogP contribution < -0.4 is 0 Å². The Morgan fingerprint density at radius 1 is 1.29 bits per heavy atom. The van der Waals surface area contributed by atoms with E-state index < -0.39 is 10.4 Å². The molecule has 0 bridgehead atoms. The van der Waals surface area contributed by atoms with Crippen LogP contribution in [0, 0.1) is 0 Å². The minimum atomic E-state index is -5.17. The topological polar surface area (TPSA) is 80.3 Å². The van der Waals surface area contributed by atoms with Crippen molar-refractivity contribution in [3.63, 3.8) is 0 Å². The molecule has 0 saturated heterocycles. The SMILES string of the molecule is O=S(=O)([O-])[O-].[F][Al+2]. The second-order valence-electron chi connectivity index (χ2n) is 0.408. The molecular formula is AlFO4S. The van der Waals surface area contributed by atoms with Crippen molar-refractivity contribution in [3.8, 4) is 0 Å². The van der Waals surface area contributed by atoms with Gasteiger partial charge in [0.15, 0.2) is 0 Å². The van der Waals surface area contributed by atoms with Crippen molar-refractivity contribution >= 4 is 27.1 Å². The monoisotopic (exact) mass is 142 g/mol. The maximum absolute atomic E-state index is 9.42. The molecular weight excluding hydrogens is 142 g/mol. The number of halogens is 1. The van der Waals surface area contributed by atoms with Gasteiger partial charge in [0.1, 0.15) is 0 Å². The molecule has 0 aliphatic heterocycles. The molecule has 0 amide bonds. The third-order valence-electron chi connectivity index (χ3n) is 0. The summed E-state index contributed by atoms with van der Waals surface area (Å²) in [6, 6.07) is 0. The molecule has 0 rings (SSSR count). The fraction of sp³-hybridized carbons (Fsp3) is 0. The Balaban J connectivity index is 0. The number of hydrogen-bond acceptors (Lipinski definition) is 4. The quantitative estimate of drug-likeness (QED) is 0.239. The molecule has 0 aliphatic carbocycles. The van der Waals surface area contributed by atoms with Gasteiger partial charge in [-0.2, -0.15) is 0 Å². The van der Waals surface area contributed by atoms with Crippen LogP contribution in [-0.2, 0) is 10.4 Å². The van der Waals surface area contributed by atoms with Gasteiger partial charge in [0.2, 0.25) is 0 Å². The summed E-state index contributed by atoms with van der Waals surface area (Å²) in [4.78, 5) is 0. The third kappa shape index (κ3) is 1080. The molecule has 0 unspecified atom stereocenters. The van der Waals surface area contributed by atoms with Crippen molar-refractivity contribution in [3.05, 3.63) is 0 Å². The van der Waals surface area contributed by atoms with Gasteiger partial charge in [-0.3, -0.25) is 8.42 Å². The molecule has 0 aromatic heterocycles. The Hall–Kier alpha value is 0.332. The van der Waals surface area contributed by atoms with Crippen molar-refractivity contribution in [1.82, 2.24) is 0 Å². The van der Waals surface area contributed by atoms with Crippen molar-refractivity contribution in [2.45, 2.75) is 0 Å². The molecule has 40 valence electrons. The summed E-state index contributed by atoms with van der Waals surface area (Å²) in [5.74, 6) is 0. The Bertz CT molecular complexity index is 94.9. The van der Waals surface area contributed by atoms with Gasteiger partial charge in [0.05, 0.1) is 0 Å². The first-order valence-electron chi connectivity index (χ1n) is 0.885. The van der Waals surface area contributed by atoms with Gasteiger partial charge < -0.3 is 9.11 Å². The summed E-state index contributed by atoms with van der Waals surface area (Å²) in [5, 5.41) is 0. The van der Waals surface area contributed by atoms with Gasteiger partial charge in [-0.1, -0.05) is 0 Å². The van der Waals surface area contributed by atoms with Crippen LogP contribution in [-0.4, -0.2) is 34.3 Å². The van der Waals surface area contributed by atoms with E-state index >= 15 is 0 Å². The second kappa shape index (κ2) is 4.49. The molecule has 0 aliphatic rings. The van der Waals surface area contributed by atoms with E-state index in [4.69, 9.17) is 17.5 Å². The Labute approximate surface area is 48.8 Å². The van der Waals surface area contributed by atoms with Crippen molar-refractivity contribution in [1.29, 1.82) is 0 Å². The van der Waals surface area contributed by atoms with Crippen LogP contribution in [0.1, 0.15) is 0 Å². The van der Waals surface area contributed by atoms with Gasteiger partial charge in [-0.25, -0.2) is 0 Å². The second-order valence-corrected chi connectivity index (χ2v) is 1.22. The molecule has 0 N–H and O–H groups in total. The summed E-state index contributed by atoms with van der Waals surface area (Å²) in [6.07, 6.45) is 0. The first kappa shape index (κ1) is 10.3. The summed E-state index contributed by atoms with van der Waals surface area (Å²) < 4.78 is 43.5. The van der Waals surface area contributed by atoms with E-state index in [2.05, 4.69) is 0 Å². The first-order chi connectivity index (χ1) is 3.00. The van der Waals surface area contributed by atoms with Crippen LogP contribution in [0.15, 0.2) is 0 Å². The van der Waals surface area contributed by atoms with Crippen LogP contribution in [0.25, 0.3) is 0 Å². The van der Waals surface area contributed by atoms with Gasteiger partial charge in [0.25, 0.3) is 0 Å². The molecule has 4 nitrogen and oxygen atoms in total. The molecule has 7 heteroatoms. The average molecular weight is 142 g/mol. The van der Waals surface area contributed by atoms with Crippen LogP contribution in [0.4, 0.5) is 3.52 Å². The van der Waals surface area contributed by atoms with E-state index in [0.717, 1.165) is 16.7 Å². The first-order valence-corrected chi connectivity index (χ1v) is 2.65. The fourth-order valence-electron chi connectivity index (χ4n) is 0. The average Bonchev–Trinajstić information content (AvgIpc) is 1.36. The molecule has 0 radical (unpaired) electrons. The Morgan fingerprint density at radius 2 is 1.29 bits per heavy atom. The summed E-state index contributed by atoms with van der Waals surface area (Å²) in [6.45, 7) is 0. The molecule has 0 aromatic rings. The van der Waals surface area contributed by atoms with Crippen LogP contribution in [0.3, 0.4) is 0 Å². The zero-order chi connectivity index (χ0) is 6.50. The molecule has 0 atom stereocenters. The van der Waals surface area contributed by atoms with Crippen molar-refractivity contribution in [2.75, 3.05) is 0 Å². The summed E-state index contributed by atoms with van der Waals surface area (Å²) in [5.41, 5.74) is 0. The summed E-state index contributed by atoms with van der Waals surface area (Å²) >= 11 is 0.917. The van der Waals surface area contributed by atoms with Gasteiger partial charge >= 0.3 is 20.3 Å². The van der Waals surface area contributed by atoms with E-state index in [0.29, 0.717) is 0 Å². The molecule has 7 heavy (non-hydrogen) atoms. The van der Waals surface area contributed by atoms with Crippen molar-refractivity contribution < 1.29 is 21.0 Å².